The summed E-state index contributed by atoms with van der Waals surface area (Å²) in [5, 5.41) is 3.03. The van der Waals surface area contributed by atoms with Gasteiger partial charge in [-0.2, -0.15) is 0 Å². The number of hydrogen-bond donors (Lipinski definition) is 1. The summed E-state index contributed by atoms with van der Waals surface area (Å²) in [4.78, 5) is 11.2. The molecule has 0 saturated carbocycles. The Morgan fingerprint density at radius 2 is 2.23 bits per heavy atom. The van der Waals surface area contributed by atoms with Gasteiger partial charge in [0, 0.05) is 11.6 Å². The third-order valence-electron chi connectivity index (χ3n) is 2.09. The van der Waals surface area contributed by atoms with Gasteiger partial charge in [0.05, 0.1) is 5.56 Å². The van der Waals surface area contributed by atoms with Crippen molar-refractivity contribution in [3.05, 3.63) is 34.1 Å². The van der Waals surface area contributed by atoms with Crippen molar-refractivity contribution in [2.45, 2.75) is 6.42 Å². The maximum atomic E-state index is 13.2. The molecule has 2 nitrogen and oxygen atoms in total. The fraction of sp³-hybridized carbons (Fsp3) is 0.222. The van der Waals surface area contributed by atoms with Crippen LogP contribution in [0.5, 0.6) is 0 Å². The lowest BCUT2D eigenvalue weighted by molar-refractivity contribution is 0.0941. The molecule has 1 amide bonds. The SMILES string of the molecule is O=C1NCCc2c(Cl)ccc(F)c21. The summed E-state index contributed by atoms with van der Waals surface area (Å²) in [6, 6.07) is 2.69. The van der Waals surface area contributed by atoms with Crippen molar-refractivity contribution >= 4 is 17.5 Å². The Labute approximate surface area is 79.7 Å². The van der Waals surface area contributed by atoms with Crippen LogP contribution in [0.2, 0.25) is 5.02 Å². The lowest BCUT2D eigenvalue weighted by atomic mass is 10.00. The standard InChI is InChI=1S/C9H7ClFNO/c10-6-1-2-7(11)8-5(6)3-4-12-9(8)13/h1-2H,3-4H2,(H,12,13). The molecule has 0 aromatic heterocycles. The Morgan fingerprint density at radius 1 is 1.46 bits per heavy atom. The molecule has 1 heterocycles. The van der Waals surface area contributed by atoms with E-state index in [-0.39, 0.29) is 11.5 Å². The molecule has 68 valence electrons. The van der Waals surface area contributed by atoms with E-state index < -0.39 is 5.82 Å². The molecule has 2 rings (SSSR count). The molecule has 0 fully saturated rings. The highest BCUT2D eigenvalue weighted by Gasteiger charge is 2.22. The van der Waals surface area contributed by atoms with Gasteiger partial charge in [-0.3, -0.25) is 4.79 Å². The molecular formula is C9H7ClFNO. The fourth-order valence-electron chi connectivity index (χ4n) is 1.47. The van der Waals surface area contributed by atoms with Gasteiger partial charge in [0.15, 0.2) is 0 Å². The predicted molar refractivity (Wildman–Crippen MR) is 47.4 cm³/mol. The minimum absolute atomic E-state index is 0.0961. The van der Waals surface area contributed by atoms with Crippen molar-refractivity contribution in [3.8, 4) is 0 Å². The molecule has 1 aliphatic rings. The first-order valence-corrected chi connectivity index (χ1v) is 4.33. The number of amides is 1. The van der Waals surface area contributed by atoms with Crippen LogP contribution in [-0.4, -0.2) is 12.5 Å². The fourth-order valence-corrected chi connectivity index (χ4v) is 1.73. The first-order valence-electron chi connectivity index (χ1n) is 3.95. The molecule has 0 bridgehead atoms. The van der Waals surface area contributed by atoms with Gasteiger partial charge in [-0.15, -0.1) is 0 Å². The quantitative estimate of drug-likeness (QED) is 0.678. The number of carbonyl (C=O) groups is 1. The van der Waals surface area contributed by atoms with E-state index in [1.165, 1.54) is 12.1 Å². The highest BCUT2D eigenvalue weighted by Crippen LogP contribution is 2.25. The molecule has 0 saturated heterocycles. The van der Waals surface area contributed by atoms with Crippen LogP contribution in [0.25, 0.3) is 0 Å². The van der Waals surface area contributed by atoms with Crippen molar-refractivity contribution in [1.29, 1.82) is 0 Å². The number of halogens is 2. The number of benzene rings is 1. The third kappa shape index (κ3) is 1.29. The summed E-state index contributed by atoms with van der Waals surface area (Å²) in [6.07, 6.45) is 0.595. The molecule has 0 spiro atoms. The summed E-state index contributed by atoms with van der Waals surface area (Å²) < 4.78 is 13.2. The van der Waals surface area contributed by atoms with E-state index >= 15 is 0 Å². The summed E-state index contributed by atoms with van der Waals surface area (Å²) in [7, 11) is 0. The summed E-state index contributed by atoms with van der Waals surface area (Å²) >= 11 is 5.83. The van der Waals surface area contributed by atoms with Crippen LogP contribution >= 0.6 is 11.6 Å². The second kappa shape index (κ2) is 3.00. The number of hydrogen-bond acceptors (Lipinski definition) is 1. The van der Waals surface area contributed by atoms with Crippen LogP contribution in [0.15, 0.2) is 12.1 Å². The Bertz CT molecular complexity index is 378. The van der Waals surface area contributed by atoms with E-state index in [9.17, 15) is 9.18 Å². The molecule has 0 radical (unpaired) electrons. The van der Waals surface area contributed by atoms with E-state index in [1.807, 2.05) is 0 Å². The molecule has 4 heteroatoms. The van der Waals surface area contributed by atoms with Gasteiger partial charge in [-0.1, -0.05) is 11.6 Å². The highest BCUT2D eigenvalue weighted by atomic mass is 35.5. The van der Waals surface area contributed by atoms with Gasteiger partial charge >= 0.3 is 0 Å². The molecular weight excluding hydrogens is 193 g/mol. The first kappa shape index (κ1) is 8.51. The molecule has 13 heavy (non-hydrogen) atoms. The van der Waals surface area contributed by atoms with Gasteiger partial charge in [0.25, 0.3) is 5.91 Å². The van der Waals surface area contributed by atoms with Crippen LogP contribution in [0.4, 0.5) is 4.39 Å². The average Bonchev–Trinajstić information content (AvgIpc) is 2.12. The molecule has 1 aromatic carbocycles. The second-order valence-electron chi connectivity index (χ2n) is 2.89. The van der Waals surface area contributed by atoms with Gasteiger partial charge in [-0.25, -0.2) is 4.39 Å². The van der Waals surface area contributed by atoms with E-state index in [4.69, 9.17) is 11.6 Å². The largest absolute Gasteiger partial charge is 0.352 e. The number of nitrogens with one attached hydrogen (secondary N) is 1. The Balaban J connectivity index is 2.67. The average molecular weight is 200 g/mol. The topological polar surface area (TPSA) is 29.1 Å². The van der Waals surface area contributed by atoms with Gasteiger partial charge < -0.3 is 5.32 Å². The van der Waals surface area contributed by atoms with Crippen LogP contribution in [-0.2, 0) is 6.42 Å². The summed E-state index contributed by atoms with van der Waals surface area (Å²) in [5.41, 5.74) is 0.712. The maximum Gasteiger partial charge on any atom is 0.254 e. The minimum atomic E-state index is -0.503. The molecule has 0 unspecified atom stereocenters. The first-order chi connectivity index (χ1) is 6.20. The van der Waals surface area contributed by atoms with E-state index in [1.54, 1.807) is 0 Å². The van der Waals surface area contributed by atoms with Gasteiger partial charge in [-0.05, 0) is 24.1 Å². The van der Waals surface area contributed by atoms with E-state index in [2.05, 4.69) is 5.32 Å². The summed E-state index contributed by atoms with van der Waals surface area (Å²) in [6.45, 7) is 0.523. The number of carbonyl (C=O) groups excluding carboxylic acids is 1. The molecule has 0 atom stereocenters. The summed E-state index contributed by atoms with van der Waals surface area (Å²) in [5.74, 6) is -0.877. The van der Waals surface area contributed by atoms with Crippen LogP contribution in [0.3, 0.4) is 0 Å². The zero-order valence-corrected chi connectivity index (χ0v) is 7.49. The molecule has 1 aromatic rings. The van der Waals surface area contributed by atoms with Gasteiger partial charge in [0.1, 0.15) is 5.82 Å². The zero-order chi connectivity index (χ0) is 9.42. The number of fused-ring (bicyclic) bond motifs is 1. The predicted octanol–water partition coefficient (Wildman–Crippen LogP) is 1.76. The van der Waals surface area contributed by atoms with Crippen molar-refractivity contribution in [3.63, 3.8) is 0 Å². The van der Waals surface area contributed by atoms with Crippen LogP contribution in [0, 0.1) is 5.82 Å². The normalized spacial score (nSPS) is 15.1. The van der Waals surface area contributed by atoms with Gasteiger partial charge in [0.2, 0.25) is 0 Å². The Morgan fingerprint density at radius 3 is 2.92 bits per heavy atom. The van der Waals surface area contributed by atoms with E-state index in [0.717, 1.165) is 0 Å². The Hall–Kier alpha value is -1.09. The smallest absolute Gasteiger partial charge is 0.254 e. The lowest BCUT2D eigenvalue weighted by Gasteiger charge is -2.17. The maximum absolute atomic E-state index is 13.2. The Kier molecular flexibility index (Phi) is 1.96. The van der Waals surface area contributed by atoms with Crippen molar-refractivity contribution in [1.82, 2.24) is 5.32 Å². The zero-order valence-electron chi connectivity index (χ0n) is 6.73. The molecule has 1 N–H and O–H groups in total. The van der Waals surface area contributed by atoms with Crippen LogP contribution in [0.1, 0.15) is 15.9 Å². The molecule has 0 aliphatic carbocycles. The number of rotatable bonds is 0. The third-order valence-corrected chi connectivity index (χ3v) is 2.45. The van der Waals surface area contributed by atoms with Crippen molar-refractivity contribution < 1.29 is 9.18 Å². The monoisotopic (exact) mass is 199 g/mol. The van der Waals surface area contributed by atoms with Crippen LogP contribution < -0.4 is 5.32 Å². The minimum Gasteiger partial charge on any atom is -0.352 e. The molecule has 1 aliphatic heterocycles. The lowest BCUT2D eigenvalue weighted by Crippen LogP contribution is -2.32. The second-order valence-corrected chi connectivity index (χ2v) is 3.30. The van der Waals surface area contributed by atoms with Crippen molar-refractivity contribution in [2.75, 3.05) is 6.54 Å². The van der Waals surface area contributed by atoms with E-state index in [0.29, 0.717) is 23.6 Å². The highest BCUT2D eigenvalue weighted by molar-refractivity contribution is 6.32. The van der Waals surface area contributed by atoms with Crippen molar-refractivity contribution in [2.24, 2.45) is 0 Å².